The van der Waals surface area contributed by atoms with Gasteiger partial charge in [-0.15, -0.1) is 0 Å². The van der Waals surface area contributed by atoms with Crippen LogP contribution in [-0.2, 0) is 4.74 Å². The zero-order valence-electron chi connectivity index (χ0n) is 12.3. The molecule has 0 bridgehead atoms. The van der Waals surface area contributed by atoms with Gasteiger partial charge in [0.2, 0.25) is 0 Å². The van der Waals surface area contributed by atoms with Crippen molar-refractivity contribution in [3.05, 3.63) is 0 Å². The molecule has 2 heteroatoms. The molecule has 2 nitrogen and oxygen atoms in total. The van der Waals surface area contributed by atoms with E-state index < -0.39 is 0 Å². The molecule has 1 aliphatic rings. The average molecular weight is 237 g/mol. The molecule has 0 aromatic rings. The molecule has 0 spiro atoms. The van der Waals surface area contributed by atoms with Crippen molar-refractivity contribution in [1.82, 2.24) is 4.90 Å². The SMILES string of the molecule is CC(C)(C)C#CCN1CC(COC(C)(C)C)C1. The van der Waals surface area contributed by atoms with E-state index in [4.69, 9.17) is 4.74 Å². The first-order valence-corrected chi connectivity index (χ1v) is 6.52. The Balaban J connectivity index is 2.13. The van der Waals surface area contributed by atoms with Gasteiger partial charge in [0.1, 0.15) is 0 Å². The van der Waals surface area contributed by atoms with E-state index in [1.807, 2.05) is 0 Å². The largest absolute Gasteiger partial charge is 0.375 e. The third-order valence-corrected chi connectivity index (χ3v) is 2.55. The Hall–Kier alpha value is -0.520. The molecule has 0 radical (unpaired) electrons. The Kier molecular flexibility index (Phi) is 4.63. The van der Waals surface area contributed by atoms with E-state index in [-0.39, 0.29) is 11.0 Å². The van der Waals surface area contributed by atoms with Gasteiger partial charge in [0.15, 0.2) is 0 Å². The highest BCUT2D eigenvalue weighted by Crippen LogP contribution is 2.18. The van der Waals surface area contributed by atoms with Crippen LogP contribution in [0, 0.1) is 23.2 Å². The maximum Gasteiger partial charge on any atom is 0.0602 e. The lowest BCUT2D eigenvalue weighted by atomic mass is 9.97. The van der Waals surface area contributed by atoms with Gasteiger partial charge in [-0.2, -0.15) is 0 Å². The molecule has 1 rings (SSSR count). The number of nitrogens with zero attached hydrogens (tertiary/aromatic N) is 1. The van der Waals surface area contributed by atoms with Crippen LogP contribution in [0.25, 0.3) is 0 Å². The fourth-order valence-electron chi connectivity index (χ4n) is 1.70. The number of likely N-dealkylation sites (tertiary alicyclic amines) is 1. The summed E-state index contributed by atoms with van der Waals surface area (Å²) in [5, 5.41) is 0. The van der Waals surface area contributed by atoms with Gasteiger partial charge in [0, 0.05) is 24.4 Å². The molecule has 1 saturated heterocycles. The first kappa shape index (κ1) is 14.5. The maximum atomic E-state index is 5.78. The van der Waals surface area contributed by atoms with Gasteiger partial charge in [0.25, 0.3) is 0 Å². The van der Waals surface area contributed by atoms with E-state index in [0.29, 0.717) is 5.92 Å². The molecule has 0 unspecified atom stereocenters. The van der Waals surface area contributed by atoms with Gasteiger partial charge in [-0.05, 0) is 41.5 Å². The number of hydrogen-bond acceptors (Lipinski definition) is 2. The highest BCUT2D eigenvalue weighted by atomic mass is 16.5. The number of rotatable bonds is 3. The average Bonchev–Trinajstić information content (AvgIpc) is 2.03. The molecule has 1 aliphatic heterocycles. The Labute approximate surface area is 107 Å². The van der Waals surface area contributed by atoms with Crippen LogP contribution >= 0.6 is 0 Å². The molecular formula is C15H27NO. The first-order chi connectivity index (χ1) is 7.66. The van der Waals surface area contributed by atoms with Gasteiger partial charge in [-0.1, -0.05) is 11.8 Å². The lowest BCUT2D eigenvalue weighted by Crippen LogP contribution is -2.49. The highest BCUT2D eigenvalue weighted by molar-refractivity contribution is 5.09. The molecule has 0 N–H and O–H groups in total. The van der Waals surface area contributed by atoms with E-state index in [1.165, 1.54) is 0 Å². The van der Waals surface area contributed by atoms with E-state index in [2.05, 4.69) is 58.3 Å². The van der Waals surface area contributed by atoms with Crippen LogP contribution in [0.4, 0.5) is 0 Å². The summed E-state index contributed by atoms with van der Waals surface area (Å²) in [5.41, 5.74) is 0.117. The highest BCUT2D eigenvalue weighted by Gasteiger charge is 2.27. The van der Waals surface area contributed by atoms with Crippen molar-refractivity contribution in [1.29, 1.82) is 0 Å². The molecule has 0 atom stereocenters. The van der Waals surface area contributed by atoms with Gasteiger partial charge >= 0.3 is 0 Å². The lowest BCUT2D eigenvalue weighted by molar-refractivity contribution is -0.0535. The predicted octanol–water partition coefficient (Wildman–Crippen LogP) is 2.78. The maximum absolute atomic E-state index is 5.78. The van der Waals surface area contributed by atoms with Crippen LogP contribution in [0.5, 0.6) is 0 Å². The zero-order valence-corrected chi connectivity index (χ0v) is 12.3. The minimum Gasteiger partial charge on any atom is -0.375 e. The molecule has 0 aromatic heterocycles. The molecule has 0 aromatic carbocycles. The minimum absolute atomic E-state index is 0.00748. The summed E-state index contributed by atoms with van der Waals surface area (Å²) < 4.78 is 5.78. The molecule has 98 valence electrons. The fraction of sp³-hybridized carbons (Fsp3) is 0.867. The lowest BCUT2D eigenvalue weighted by Gasteiger charge is -2.39. The van der Waals surface area contributed by atoms with Crippen LogP contribution in [0.3, 0.4) is 0 Å². The zero-order chi connectivity index (χ0) is 13.1. The van der Waals surface area contributed by atoms with Gasteiger partial charge in [0.05, 0.1) is 18.8 Å². The Morgan fingerprint density at radius 2 is 1.71 bits per heavy atom. The van der Waals surface area contributed by atoms with E-state index in [1.54, 1.807) is 0 Å². The Morgan fingerprint density at radius 3 is 2.18 bits per heavy atom. The van der Waals surface area contributed by atoms with Crippen LogP contribution in [0.15, 0.2) is 0 Å². The summed E-state index contributed by atoms with van der Waals surface area (Å²) >= 11 is 0. The molecule has 1 fully saturated rings. The molecule has 0 amide bonds. The quantitative estimate of drug-likeness (QED) is 0.700. The van der Waals surface area contributed by atoms with Crippen molar-refractivity contribution in [3.63, 3.8) is 0 Å². The molecule has 17 heavy (non-hydrogen) atoms. The number of hydrogen-bond donors (Lipinski definition) is 0. The first-order valence-electron chi connectivity index (χ1n) is 6.52. The molecule has 0 saturated carbocycles. The van der Waals surface area contributed by atoms with Gasteiger partial charge in [-0.3, -0.25) is 4.90 Å². The molecular weight excluding hydrogens is 210 g/mol. The summed E-state index contributed by atoms with van der Waals surface area (Å²) in [5.74, 6) is 7.22. The predicted molar refractivity (Wildman–Crippen MR) is 72.9 cm³/mol. The minimum atomic E-state index is -0.00748. The van der Waals surface area contributed by atoms with Crippen molar-refractivity contribution in [2.75, 3.05) is 26.2 Å². The van der Waals surface area contributed by atoms with E-state index in [0.717, 1.165) is 26.2 Å². The van der Waals surface area contributed by atoms with Crippen molar-refractivity contribution in [2.45, 2.75) is 47.1 Å². The second-order valence-electron chi connectivity index (χ2n) is 7.04. The van der Waals surface area contributed by atoms with Crippen molar-refractivity contribution >= 4 is 0 Å². The summed E-state index contributed by atoms with van der Waals surface area (Å²) in [6.45, 7) is 16.8. The van der Waals surface area contributed by atoms with Gasteiger partial charge < -0.3 is 4.74 Å². The summed E-state index contributed by atoms with van der Waals surface area (Å²) in [6, 6.07) is 0. The normalized spacial score (nSPS) is 18.5. The third kappa shape index (κ3) is 6.71. The summed E-state index contributed by atoms with van der Waals surface area (Å²) in [7, 11) is 0. The van der Waals surface area contributed by atoms with E-state index in [9.17, 15) is 0 Å². The second-order valence-corrected chi connectivity index (χ2v) is 7.04. The van der Waals surface area contributed by atoms with Crippen LogP contribution in [0.1, 0.15) is 41.5 Å². The monoisotopic (exact) mass is 237 g/mol. The van der Waals surface area contributed by atoms with E-state index >= 15 is 0 Å². The smallest absolute Gasteiger partial charge is 0.0602 e. The summed E-state index contributed by atoms with van der Waals surface area (Å²) in [6.07, 6.45) is 0. The topological polar surface area (TPSA) is 12.5 Å². The van der Waals surface area contributed by atoms with Crippen LogP contribution in [0.2, 0.25) is 0 Å². The second kappa shape index (κ2) is 5.42. The molecule has 1 heterocycles. The van der Waals surface area contributed by atoms with Crippen molar-refractivity contribution in [2.24, 2.45) is 11.3 Å². The molecule has 0 aliphatic carbocycles. The van der Waals surface area contributed by atoms with Crippen LogP contribution < -0.4 is 0 Å². The fourth-order valence-corrected chi connectivity index (χ4v) is 1.70. The van der Waals surface area contributed by atoms with Crippen molar-refractivity contribution in [3.8, 4) is 11.8 Å². The Bertz CT molecular complexity index is 292. The number of ether oxygens (including phenoxy) is 1. The standard InChI is InChI=1S/C15H27NO/c1-14(2,3)8-7-9-16-10-13(11-16)12-17-15(4,5)6/h13H,9-12H2,1-6H3. The van der Waals surface area contributed by atoms with Gasteiger partial charge in [-0.25, -0.2) is 0 Å². The van der Waals surface area contributed by atoms with Crippen molar-refractivity contribution < 1.29 is 4.74 Å². The summed E-state index contributed by atoms with van der Waals surface area (Å²) in [4.78, 5) is 2.38. The van der Waals surface area contributed by atoms with Crippen LogP contribution in [-0.4, -0.2) is 36.7 Å². The Morgan fingerprint density at radius 1 is 1.12 bits per heavy atom. The third-order valence-electron chi connectivity index (χ3n) is 2.55.